The van der Waals surface area contributed by atoms with Crippen LogP contribution in [0, 0.1) is 0 Å². The highest BCUT2D eigenvalue weighted by atomic mass is 32.2. The summed E-state index contributed by atoms with van der Waals surface area (Å²) >= 11 is 1.87. The number of thioether (sulfide) groups is 1. The van der Waals surface area contributed by atoms with Crippen molar-refractivity contribution in [1.82, 2.24) is 4.98 Å². The van der Waals surface area contributed by atoms with E-state index in [9.17, 15) is 9.90 Å². The Bertz CT molecular complexity index is 741. The van der Waals surface area contributed by atoms with Crippen LogP contribution < -0.4 is 0 Å². The Balaban J connectivity index is 1.81. The van der Waals surface area contributed by atoms with E-state index in [4.69, 9.17) is 4.74 Å². The Kier molecular flexibility index (Phi) is 6.19. The molecule has 0 amide bonds. The maximum Gasteiger partial charge on any atom is 0.360 e. The first-order chi connectivity index (χ1) is 12.2. The molecule has 0 aliphatic heterocycles. The molecule has 1 aromatic heterocycles. The van der Waals surface area contributed by atoms with Crippen LogP contribution >= 0.6 is 11.8 Å². The highest BCUT2D eigenvalue weighted by molar-refractivity contribution is 8.00. The summed E-state index contributed by atoms with van der Waals surface area (Å²) in [6, 6.07) is 6.00. The zero-order valence-electron chi connectivity index (χ0n) is 14.7. The van der Waals surface area contributed by atoms with Gasteiger partial charge in [-0.3, -0.25) is 0 Å². The van der Waals surface area contributed by atoms with Crippen molar-refractivity contribution >= 4 is 28.5 Å². The predicted molar refractivity (Wildman–Crippen MR) is 101 cm³/mol. The third-order valence-electron chi connectivity index (χ3n) is 4.62. The topological polar surface area (TPSA) is 59.4 Å². The summed E-state index contributed by atoms with van der Waals surface area (Å²) in [5.41, 5.74) is 0.00317. The van der Waals surface area contributed by atoms with E-state index in [-0.39, 0.29) is 11.4 Å². The minimum absolute atomic E-state index is 0.00317. The van der Waals surface area contributed by atoms with Crippen LogP contribution in [-0.2, 0) is 4.74 Å². The van der Waals surface area contributed by atoms with Gasteiger partial charge in [0.2, 0.25) is 0 Å². The third kappa shape index (κ3) is 4.46. The zero-order valence-corrected chi connectivity index (χ0v) is 15.5. The Morgan fingerprint density at radius 3 is 2.88 bits per heavy atom. The number of carbonyl (C=O) groups is 1. The number of hydrogen-bond acceptors (Lipinski definition) is 5. The lowest BCUT2D eigenvalue weighted by Gasteiger charge is -2.21. The van der Waals surface area contributed by atoms with Crippen LogP contribution in [-0.4, -0.2) is 27.9 Å². The number of ether oxygens (including phenoxy) is 1. The number of fused-ring (bicyclic) bond motifs is 1. The number of unbranched alkanes of at least 4 members (excludes halogenated alkanes) is 1. The van der Waals surface area contributed by atoms with Crippen molar-refractivity contribution in [3.63, 3.8) is 0 Å². The van der Waals surface area contributed by atoms with E-state index in [2.05, 4.69) is 11.1 Å². The summed E-state index contributed by atoms with van der Waals surface area (Å²) in [7, 11) is 0. The number of aromatic hydroxyl groups is 1. The summed E-state index contributed by atoms with van der Waals surface area (Å²) in [4.78, 5) is 17.4. The molecular weight excluding hydrogens is 334 g/mol. The van der Waals surface area contributed by atoms with Gasteiger partial charge in [-0.1, -0.05) is 38.7 Å². The second-order valence-corrected chi connectivity index (χ2v) is 7.95. The first-order valence-corrected chi connectivity index (χ1v) is 10.0. The lowest BCUT2D eigenvalue weighted by Crippen LogP contribution is -2.09. The van der Waals surface area contributed by atoms with Gasteiger partial charge in [0.25, 0.3) is 0 Å². The molecule has 1 fully saturated rings. The molecule has 25 heavy (non-hydrogen) atoms. The fourth-order valence-corrected chi connectivity index (χ4v) is 4.44. The standard InChI is InChI=1S/C20H25NO3S/c1-2-3-11-24-20(23)18-19(22)17-12-16(10-9-14(17)13-21-18)25-15-7-5-4-6-8-15/h9-10,12-13,15,22H,2-8,11H2,1H3. The van der Waals surface area contributed by atoms with Gasteiger partial charge in [0.1, 0.15) is 0 Å². The van der Waals surface area contributed by atoms with E-state index in [1.165, 1.54) is 32.1 Å². The molecule has 0 spiro atoms. The van der Waals surface area contributed by atoms with Gasteiger partial charge in [0, 0.05) is 27.1 Å². The molecule has 1 heterocycles. The monoisotopic (exact) mass is 359 g/mol. The SMILES string of the molecule is CCCCOC(=O)c1ncc2ccc(SC3CCCCC3)cc2c1O. The second-order valence-electron chi connectivity index (χ2n) is 6.57. The molecular formula is C20H25NO3S. The number of esters is 1. The Hall–Kier alpha value is -1.75. The van der Waals surface area contributed by atoms with Crippen LogP contribution in [0.2, 0.25) is 0 Å². The molecule has 4 nitrogen and oxygen atoms in total. The molecule has 0 radical (unpaired) electrons. The van der Waals surface area contributed by atoms with Crippen LogP contribution in [0.3, 0.4) is 0 Å². The molecule has 1 aliphatic carbocycles. The minimum Gasteiger partial charge on any atom is -0.505 e. The second kappa shape index (κ2) is 8.56. The molecule has 2 aromatic rings. The smallest absolute Gasteiger partial charge is 0.360 e. The van der Waals surface area contributed by atoms with Crippen LogP contribution in [0.4, 0.5) is 0 Å². The fraction of sp³-hybridized carbons (Fsp3) is 0.500. The van der Waals surface area contributed by atoms with Gasteiger partial charge in [-0.2, -0.15) is 0 Å². The number of carbonyl (C=O) groups excluding carboxylic acids is 1. The Morgan fingerprint density at radius 2 is 2.12 bits per heavy atom. The summed E-state index contributed by atoms with van der Waals surface area (Å²) in [6.45, 7) is 2.39. The number of rotatable bonds is 6. The molecule has 1 aromatic carbocycles. The number of pyridine rings is 1. The van der Waals surface area contributed by atoms with Crippen LogP contribution in [0.5, 0.6) is 5.75 Å². The van der Waals surface area contributed by atoms with Gasteiger partial charge >= 0.3 is 5.97 Å². The average Bonchev–Trinajstić information content (AvgIpc) is 2.63. The average molecular weight is 359 g/mol. The maximum absolute atomic E-state index is 12.1. The van der Waals surface area contributed by atoms with Crippen LogP contribution in [0.15, 0.2) is 29.3 Å². The summed E-state index contributed by atoms with van der Waals surface area (Å²) in [5, 5.41) is 12.7. The molecule has 134 valence electrons. The quantitative estimate of drug-likeness (QED) is 0.558. The fourth-order valence-electron chi connectivity index (χ4n) is 3.15. The number of hydrogen-bond donors (Lipinski definition) is 1. The van der Waals surface area contributed by atoms with Crippen molar-refractivity contribution < 1.29 is 14.6 Å². The number of benzene rings is 1. The summed E-state index contributed by atoms with van der Waals surface area (Å²) < 4.78 is 5.18. The molecule has 1 N–H and O–H groups in total. The van der Waals surface area contributed by atoms with E-state index >= 15 is 0 Å². The predicted octanol–water partition coefficient (Wildman–Crippen LogP) is 5.32. The van der Waals surface area contributed by atoms with Crippen LogP contribution in [0.25, 0.3) is 10.8 Å². The molecule has 5 heteroatoms. The highest BCUT2D eigenvalue weighted by Gasteiger charge is 2.19. The van der Waals surface area contributed by atoms with Crippen LogP contribution in [0.1, 0.15) is 62.4 Å². The van der Waals surface area contributed by atoms with Crippen molar-refractivity contribution in [2.24, 2.45) is 0 Å². The molecule has 0 saturated heterocycles. The van der Waals surface area contributed by atoms with Gasteiger partial charge in [0.15, 0.2) is 11.4 Å². The summed E-state index contributed by atoms with van der Waals surface area (Å²) in [5.74, 6) is -0.636. The number of nitrogens with zero attached hydrogens (tertiary/aromatic N) is 1. The lowest BCUT2D eigenvalue weighted by atomic mass is 10.0. The Morgan fingerprint density at radius 1 is 1.32 bits per heavy atom. The first-order valence-electron chi connectivity index (χ1n) is 9.14. The normalized spacial score (nSPS) is 15.4. The van der Waals surface area contributed by atoms with Crippen molar-refractivity contribution in [2.75, 3.05) is 6.61 Å². The lowest BCUT2D eigenvalue weighted by molar-refractivity contribution is 0.0489. The van der Waals surface area contributed by atoms with E-state index < -0.39 is 5.97 Å². The molecule has 1 aliphatic rings. The molecule has 1 saturated carbocycles. The van der Waals surface area contributed by atoms with Crippen molar-refractivity contribution in [2.45, 2.75) is 62.0 Å². The molecule has 0 bridgehead atoms. The van der Waals surface area contributed by atoms with Gasteiger partial charge in [-0.05, 0) is 31.4 Å². The highest BCUT2D eigenvalue weighted by Crippen LogP contribution is 2.36. The molecule has 3 rings (SSSR count). The minimum atomic E-state index is -0.557. The van der Waals surface area contributed by atoms with E-state index in [0.29, 0.717) is 17.2 Å². The largest absolute Gasteiger partial charge is 0.505 e. The number of aromatic nitrogens is 1. The Labute approximate surface area is 153 Å². The van der Waals surface area contributed by atoms with Gasteiger partial charge in [-0.25, -0.2) is 9.78 Å². The molecule has 0 atom stereocenters. The van der Waals surface area contributed by atoms with E-state index in [0.717, 1.165) is 23.1 Å². The van der Waals surface area contributed by atoms with E-state index in [1.54, 1.807) is 6.20 Å². The molecule has 0 unspecified atom stereocenters. The first kappa shape index (κ1) is 18.1. The maximum atomic E-state index is 12.1. The summed E-state index contributed by atoms with van der Waals surface area (Å²) in [6.07, 6.45) is 9.82. The van der Waals surface area contributed by atoms with Gasteiger partial charge < -0.3 is 9.84 Å². The van der Waals surface area contributed by atoms with Crippen molar-refractivity contribution in [3.8, 4) is 5.75 Å². The zero-order chi connectivity index (χ0) is 17.6. The van der Waals surface area contributed by atoms with Crippen molar-refractivity contribution in [1.29, 1.82) is 0 Å². The third-order valence-corrected chi connectivity index (χ3v) is 5.95. The van der Waals surface area contributed by atoms with Gasteiger partial charge in [-0.15, -0.1) is 11.8 Å². The van der Waals surface area contributed by atoms with Crippen molar-refractivity contribution in [3.05, 3.63) is 30.1 Å². The van der Waals surface area contributed by atoms with Gasteiger partial charge in [0.05, 0.1) is 6.61 Å². The van der Waals surface area contributed by atoms with E-state index in [1.807, 2.05) is 30.8 Å².